The molecule has 0 fully saturated rings. The minimum Gasteiger partial charge on any atom is -0.362 e. The lowest BCUT2D eigenvalue weighted by Gasteiger charge is -2.15. The fourth-order valence-corrected chi connectivity index (χ4v) is 2.32. The number of anilines is 3. The van der Waals surface area contributed by atoms with Gasteiger partial charge in [0, 0.05) is 31.2 Å². The molecule has 0 saturated heterocycles. The summed E-state index contributed by atoms with van der Waals surface area (Å²) in [6.45, 7) is 4.03. The van der Waals surface area contributed by atoms with E-state index in [0.29, 0.717) is 11.8 Å². The second kappa shape index (κ2) is 5.55. The van der Waals surface area contributed by atoms with Gasteiger partial charge in [0.25, 0.3) is 0 Å². The first-order valence-electron chi connectivity index (χ1n) is 7.04. The van der Waals surface area contributed by atoms with Crippen molar-refractivity contribution < 1.29 is 0 Å². The highest BCUT2D eigenvalue weighted by molar-refractivity contribution is 5.90. The van der Waals surface area contributed by atoms with Gasteiger partial charge >= 0.3 is 0 Å². The van der Waals surface area contributed by atoms with Crippen molar-refractivity contribution in [2.45, 2.75) is 13.8 Å². The molecule has 6 heteroatoms. The van der Waals surface area contributed by atoms with Crippen LogP contribution in [0.1, 0.15) is 11.1 Å². The van der Waals surface area contributed by atoms with Crippen LogP contribution in [-0.4, -0.2) is 34.0 Å². The van der Waals surface area contributed by atoms with Crippen LogP contribution in [0.3, 0.4) is 0 Å². The van der Waals surface area contributed by atoms with E-state index in [2.05, 4.69) is 31.3 Å². The van der Waals surface area contributed by atoms with Gasteiger partial charge in [-0.3, -0.25) is 0 Å². The third-order valence-corrected chi connectivity index (χ3v) is 3.39. The molecule has 0 radical (unpaired) electrons. The number of nitrogens with one attached hydrogen (secondary N) is 1. The van der Waals surface area contributed by atoms with Crippen LogP contribution in [0.5, 0.6) is 0 Å². The summed E-state index contributed by atoms with van der Waals surface area (Å²) in [4.78, 5) is 19.4. The summed E-state index contributed by atoms with van der Waals surface area (Å²) in [6.07, 6.45) is 3.35. The van der Waals surface area contributed by atoms with E-state index in [9.17, 15) is 0 Å². The molecule has 6 nitrogen and oxygen atoms in total. The lowest BCUT2D eigenvalue weighted by atomic mass is 10.1. The van der Waals surface area contributed by atoms with Crippen molar-refractivity contribution in [2.75, 3.05) is 24.3 Å². The summed E-state index contributed by atoms with van der Waals surface area (Å²) in [7, 11) is 3.92. The molecule has 22 heavy (non-hydrogen) atoms. The Morgan fingerprint density at radius 1 is 1.05 bits per heavy atom. The highest BCUT2D eigenvalue weighted by atomic mass is 15.2. The molecule has 112 valence electrons. The fourth-order valence-electron chi connectivity index (χ4n) is 2.32. The van der Waals surface area contributed by atoms with E-state index in [1.807, 2.05) is 45.0 Å². The quantitative estimate of drug-likeness (QED) is 0.801. The SMILES string of the molecule is Cc1ccc2ncnc(Nc3ncc(C)c(N(C)C)n3)c2c1. The molecule has 0 amide bonds. The number of aromatic nitrogens is 4. The maximum absolute atomic E-state index is 4.54. The molecule has 0 bridgehead atoms. The monoisotopic (exact) mass is 294 g/mol. The minimum absolute atomic E-state index is 0.524. The Bertz CT molecular complexity index is 828. The number of rotatable bonds is 3. The molecule has 0 atom stereocenters. The van der Waals surface area contributed by atoms with Crippen molar-refractivity contribution in [3.05, 3.63) is 41.9 Å². The average molecular weight is 294 g/mol. The first-order valence-corrected chi connectivity index (χ1v) is 7.04. The van der Waals surface area contributed by atoms with Gasteiger partial charge in [0.15, 0.2) is 0 Å². The van der Waals surface area contributed by atoms with Crippen LogP contribution in [0, 0.1) is 13.8 Å². The molecule has 0 saturated carbocycles. The summed E-state index contributed by atoms with van der Waals surface area (Å²) >= 11 is 0. The Balaban J connectivity index is 2.03. The average Bonchev–Trinajstić information content (AvgIpc) is 2.49. The van der Waals surface area contributed by atoms with Gasteiger partial charge in [0.2, 0.25) is 5.95 Å². The maximum atomic E-state index is 4.54. The molecule has 3 rings (SSSR count). The molecular weight excluding hydrogens is 276 g/mol. The second-order valence-electron chi connectivity index (χ2n) is 5.46. The van der Waals surface area contributed by atoms with Gasteiger partial charge in [-0.25, -0.2) is 15.0 Å². The zero-order valence-electron chi connectivity index (χ0n) is 13.1. The zero-order valence-corrected chi connectivity index (χ0v) is 13.1. The molecule has 0 aliphatic rings. The molecule has 0 unspecified atom stereocenters. The normalized spacial score (nSPS) is 10.7. The van der Waals surface area contributed by atoms with E-state index in [0.717, 1.165) is 27.8 Å². The van der Waals surface area contributed by atoms with Crippen LogP contribution in [0.15, 0.2) is 30.7 Å². The predicted octanol–water partition coefficient (Wildman–Crippen LogP) is 2.85. The molecule has 2 heterocycles. The van der Waals surface area contributed by atoms with Gasteiger partial charge in [-0.2, -0.15) is 4.98 Å². The van der Waals surface area contributed by atoms with Crippen LogP contribution in [0.4, 0.5) is 17.6 Å². The molecular formula is C16H18N6. The van der Waals surface area contributed by atoms with Crippen molar-refractivity contribution in [2.24, 2.45) is 0 Å². The fraction of sp³-hybridized carbons (Fsp3) is 0.250. The standard InChI is InChI=1S/C16H18N6/c1-10-5-6-13-12(7-10)14(19-9-18-13)20-16-17-8-11(2)15(21-16)22(3)4/h5-9H,1-4H3,(H,17,18,19,20,21). The summed E-state index contributed by atoms with van der Waals surface area (Å²) in [6, 6.07) is 6.07. The van der Waals surface area contributed by atoms with E-state index >= 15 is 0 Å². The van der Waals surface area contributed by atoms with E-state index < -0.39 is 0 Å². The number of benzene rings is 1. The number of aryl methyl sites for hydroxylation is 2. The van der Waals surface area contributed by atoms with Crippen LogP contribution < -0.4 is 10.2 Å². The van der Waals surface area contributed by atoms with Crippen molar-refractivity contribution in [3.63, 3.8) is 0 Å². The van der Waals surface area contributed by atoms with Crippen LogP contribution >= 0.6 is 0 Å². The molecule has 1 aromatic carbocycles. The molecule has 3 aromatic rings. The Morgan fingerprint density at radius 3 is 2.64 bits per heavy atom. The summed E-state index contributed by atoms with van der Waals surface area (Å²) < 4.78 is 0. The number of hydrogen-bond acceptors (Lipinski definition) is 6. The van der Waals surface area contributed by atoms with Crippen molar-refractivity contribution in [1.82, 2.24) is 19.9 Å². The van der Waals surface area contributed by atoms with Gasteiger partial charge in [-0.1, -0.05) is 11.6 Å². The van der Waals surface area contributed by atoms with E-state index in [1.54, 1.807) is 12.5 Å². The third-order valence-electron chi connectivity index (χ3n) is 3.39. The number of fused-ring (bicyclic) bond motifs is 1. The van der Waals surface area contributed by atoms with Gasteiger partial charge in [0.05, 0.1) is 5.52 Å². The molecule has 0 spiro atoms. The molecule has 0 aliphatic carbocycles. The van der Waals surface area contributed by atoms with E-state index in [1.165, 1.54) is 0 Å². The first kappa shape index (κ1) is 14.2. The lowest BCUT2D eigenvalue weighted by molar-refractivity contribution is 1.02. The molecule has 0 aliphatic heterocycles. The Kier molecular flexibility index (Phi) is 3.58. The second-order valence-corrected chi connectivity index (χ2v) is 5.46. The topological polar surface area (TPSA) is 66.8 Å². The summed E-state index contributed by atoms with van der Waals surface area (Å²) in [5, 5.41) is 4.15. The van der Waals surface area contributed by atoms with Crippen molar-refractivity contribution in [3.8, 4) is 0 Å². The third kappa shape index (κ3) is 2.67. The van der Waals surface area contributed by atoms with Crippen molar-refractivity contribution >= 4 is 28.5 Å². The van der Waals surface area contributed by atoms with E-state index in [-0.39, 0.29) is 0 Å². The predicted molar refractivity (Wildman–Crippen MR) is 88.7 cm³/mol. The highest BCUT2D eigenvalue weighted by Crippen LogP contribution is 2.23. The van der Waals surface area contributed by atoms with Gasteiger partial charge in [-0.05, 0) is 26.0 Å². The number of hydrogen-bond donors (Lipinski definition) is 1. The molecule has 1 N–H and O–H groups in total. The van der Waals surface area contributed by atoms with Crippen LogP contribution in [-0.2, 0) is 0 Å². The summed E-state index contributed by atoms with van der Waals surface area (Å²) in [5.41, 5.74) is 3.08. The van der Waals surface area contributed by atoms with E-state index in [4.69, 9.17) is 0 Å². The Hall–Kier alpha value is -2.76. The zero-order chi connectivity index (χ0) is 15.7. The van der Waals surface area contributed by atoms with Gasteiger partial charge in [0.1, 0.15) is 18.0 Å². The smallest absolute Gasteiger partial charge is 0.230 e. The van der Waals surface area contributed by atoms with Gasteiger partial charge < -0.3 is 10.2 Å². The first-order chi connectivity index (χ1) is 10.5. The van der Waals surface area contributed by atoms with Crippen LogP contribution in [0.25, 0.3) is 10.9 Å². The Labute approximate surface area is 129 Å². The summed E-state index contributed by atoms with van der Waals surface area (Å²) in [5.74, 6) is 2.12. The number of nitrogens with zero attached hydrogens (tertiary/aromatic N) is 5. The molecule has 2 aromatic heterocycles. The highest BCUT2D eigenvalue weighted by Gasteiger charge is 2.09. The van der Waals surface area contributed by atoms with Crippen molar-refractivity contribution in [1.29, 1.82) is 0 Å². The van der Waals surface area contributed by atoms with Crippen LogP contribution in [0.2, 0.25) is 0 Å². The van der Waals surface area contributed by atoms with Gasteiger partial charge in [-0.15, -0.1) is 0 Å². The maximum Gasteiger partial charge on any atom is 0.230 e. The Morgan fingerprint density at radius 2 is 1.86 bits per heavy atom. The minimum atomic E-state index is 0.524. The largest absolute Gasteiger partial charge is 0.362 e. The lowest BCUT2D eigenvalue weighted by Crippen LogP contribution is -2.14.